The van der Waals surface area contributed by atoms with Crippen LogP contribution < -0.4 is 5.32 Å². The van der Waals surface area contributed by atoms with E-state index in [9.17, 15) is 9.59 Å². The normalized spacial score (nSPS) is 12.0. The molecule has 0 aliphatic heterocycles. The first-order valence-electron chi connectivity index (χ1n) is 9.51. The van der Waals surface area contributed by atoms with Crippen LogP contribution in [0.15, 0.2) is 48.7 Å². The number of aryl methyl sites for hydroxylation is 3. The molecule has 0 saturated heterocycles. The van der Waals surface area contributed by atoms with Crippen molar-refractivity contribution in [1.29, 1.82) is 0 Å². The van der Waals surface area contributed by atoms with Gasteiger partial charge in [-0.15, -0.1) is 0 Å². The van der Waals surface area contributed by atoms with Crippen molar-refractivity contribution in [3.05, 3.63) is 70.9 Å². The average Bonchev–Trinajstić information content (AvgIpc) is 3.10. The minimum Gasteiger partial charge on any atom is -0.456 e. The molecule has 1 aromatic heterocycles. The summed E-state index contributed by atoms with van der Waals surface area (Å²) in [6.45, 7) is 5.75. The van der Waals surface area contributed by atoms with Gasteiger partial charge in [-0.25, -0.2) is 0 Å². The van der Waals surface area contributed by atoms with Crippen LogP contribution in [0.2, 0.25) is 0 Å². The number of carbonyl (C=O) groups is 2. The van der Waals surface area contributed by atoms with E-state index in [2.05, 4.69) is 23.3 Å². The van der Waals surface area contributed by atoms with Gasteiger partial charge in [-0.1, -0.05) is 36.4 Å². The molecule has 146 valence electrons. The van der Waals surface area contributed by atoms with E-state index in [1.165, 1.54) is 11.1 Å². The summed E-state index contributed by atoms with van der Waals surface area (Å²) in [7, 11) is 0. The molecule has 3 aromatic rings. The molecular weight excluding hydrogens is 352 g/mol. The highest BCUT2D eigenvalue weighted by Crippen LogP contribution is 2.19. The molecule has 28 heavy (non-hydrogen) atoms. The number of H-pyrrole nitrogens is 1. The summed E-state index contributed by atoms with van der Waals surface area (Å²) in [4.78, 5) is 27.3. The maximum absolute atomic E-state index is 12.1. The molecule has 3 rings (SSSR count). The molecule has 5 heteroatoms. The molecule has 0 saturated carbocycles. The predicted octanol–water partition coefficient (Wildman–Crippen LogP) is 4.14. The largest absolute Gasteiger partial charge is 0.456 e. The predicted molar refractivity (Wildman–Crippen MR) is 110 cm³/mol. The smallest absolute Gasteiger partial charge is 0.306 e. The first-order chi connectivity index (χ1) is 13.4. The third-order valence-electron chi connectivity index (χ3n) is 5.05. The van der Waals surface area contributed by atoms with E-state index < -0.39 is 0 Å². The van der Waals surface area contributed by atoms with E-state index in [0.29, 0.717) is 6.42 Å². The zero-order valence-electron chi connectivity index (χ0n) is 16.5. The number of benzene rings is 2. The van der Waals surface area contributed by atoms with Gasteiger partial charge in [0.2, 0.25) is 0 Å². The number of fused-ring (bicyclic) bond motifs is 1. The number of para-hydroxylation sites is 1. The molecule has 0 spiro atoms. The van der Waals surface area contributed by atoms with Crippen LogP contribution in [0.25, 0.3) is 10.9 Å². The lowest BCUT2D eigenvalue weighted by Gasteiger charge is -2.15. The summed E-state index contributed by atoms with van der Waals surface area (Å²) in [6.07, 6.45) is 2.72. The van der Waals surface area contributed by atoms with Crippen molar-refractivity contribution in [2.75, 3.05) is 6.61 Å². The number of aromatic nitrogens is 1. The van der Waals surface area contributed by atoms with Gasteiger partial charge in [0.05, 0.1) is 6.04 Å². The van der Waals surface area contributed by atoms with Crippen molar-refractivity contribution in [2.45, 2.75) is 39.7 Å². The van der Waals surface area contributed by atoms with Crippen LogP contribution >= 0.6 is 0 Å². The molecule has 1 heterocycles. The topological polar surface area (TPSA) is 71.2 Å². The number of ether oxygens (including phenoxy) is 1. The van der Waals surface area contributed by atoms with Gasteiger partial charge in [-0.2, -0.15) is 0 Å². The number of aromatic amines is 1. The van der Waals surface area contributed by atoms with E-state index in [-0.39, 0.29) is 30.9 Å². The second-order valence-corrected chi connectivity index (χ2v) is 7.15. The van der Waals surface area contributed by atoms with Gasteiger partial charge in [0.25, 0.3) is 5.91 Å². The summed E-state index contributed by atoms with van der Waals surface area (Å²) in [6, 6.07) is 13.9. The summed E-state index contributed by atoms with van der Waals surface area (Å²) in [5.41, 5.74) is 5.54. The minimum absolute atomic E-state index is 0.142. The Kier molecular flexibility index (Phi) is 6.14. The third-order valence-corrected chi connectivity index (χ3v) is 5.05. The molecular formula is C23H26N2O3. The van der Waals surface area contributed by atoms with Crippen molar-refractivity contribution >= 4 is 22.8 Å². The fraction of sp³-hybridized carbons (Fsp3) is 0.304. The lowest BCUT2D eigenvalue weighted by molar-refractivity contribution is -0.148. The Bertz CT molecular complexity index is 990. The Morgan fingerprint density at radius 2 is 1.89 bits per heavy atom. The Labute approximate surface area is 165 Å². The van der Waals surface area contributed by atoms with Crippen molar-refractivity contribution in [2.24, 2.45) is 0 Å². The highest BCUT2D eigenvalue weighted by atomic mass is 16.5. The average molecular weight is 378 g/mol. The number of hydrogen-bond donors (Lipinski definition) is 2. The van der Waals surface area contributed by atoms with Crippen molar-refractivity contribution in [1.82, 2.24) is 10.3 Å². The maximum Gasteiger partial charge on any atom is 0.306 e. The molecule has 0 bridgehead atoms. The molecule has 0 radical (unpaired) electrons. The van der Waals surface area contributed by atoms with Crippen LogP contribution in [0, 0.1) is 13.8 Å². The van der Waals surface area contributed by atoms with Crippen LogP contribution in [-0.4, -0.2) is 23.5 Å². The Morgan fingerprint density at radius 3 is 2.68 bits per heavy atom. The zero-order valence-corrected chi connectivity index (χ0v) is 16.5. The molecule has 2 aromatic carbocycles. The number of esters is 1. The lowest BCUT2D eigenvalue weighted by Crippen LogP contribution is -2.31. The van der Waals surface area contributed by atoms with E-state index in [1.807, 2.05) is 56.4 Å². The third kappa shape index (κ3) is 4.80. The van der Waals surface area contributed by atoms with Crippen LogP contribution in [0.1, 0.15) is 41.6 Å². The number of amides is 1. The zero-order chi connectivity index (χ0) is 20.1. The Balaban J connectivity index is 1.44. The second kappa shape index (κ2) is 8.74. The van der Waals surface area contributed by atoms with E-state index in [0.717, 1.165) is 22.0 Å². The molecule has 1 atom stereocenters. The number of carbonyl (C=O) groups excluding carboxylic acids is 2. The van der Waals surface area contributed by atoms with Gasteiger partial charge in [0.1, 0.15) is 0 Å². The van der Waals surface area contributed by atoms with Gasteiger partial charge in [0, 0.05) is 23.5 Å². The standard InChI is InChI=1S/C23H26N2O3/c1-15-8-9-18(12-16(15)2)17(3)25-22(26)14-28-23(27)11-10-19-13-24-21-7-5-4-6-20(19)21/h4-9,12-13,17,24H,10-11,14H2,1-3H3,(H,25,26)/t17-/m0/s1. The molecule has 1 amide bonds. The van der Waals surface area contributed by atoms with E-state index in [4.69, 9.17) is 4.74 Å². The molecule has 5 nitrogen and oxygen atoms in total. The van der Waals surface area contributed by atoms with Crippen molar-refractivity contribution in [3.63, 3.8) is 0 Å². The quantitative estimate of drug-likeness (QED) is 0.607. The van der Waals surface area contributed by atoms with E-state index in [1.54, 1.807) is 0 Å². The summed E-state index contributed by atoms with van der Waals surface area (Å²) in [5.74, 6) is -0.676. The summed E-state index contributed by atoms with van der Waals surface area (Å²) < 4.78 is 5.13. The van der Waals surface area contributed by atoms with Gasteiger partial charge in [0.15, 0.2) is 6.61 Å². The molecule has 0 fully saturated rings. The SMILES string of the molecule is Cc1ccc([C@H](C)NC(=O)COC(=O)CCc2c[nH]c3ccccc23)cc1C. The van der Waals surface area contributed by atoms with Crippen LogP contribution in [0.3, 0.4) is 0 Å². The van der Waals surface area contributed by atoms with Gasteiger partial charge in [-0.3, -0.25) is 9.59 Å². The van der Waals surface area contributed by atoms with Crippen molar-refractivity contribution < 1.29 is 14.3 Å². The minimum atomic E-state index is -0.376. The highest BCUT2D eigenvalue weighted by Gasteiger charge is 2.13. The summed E-state index contributed by atoms with van der Waals surface area (Å²) in [5, 5.41) is 3.98. The lowest BCUT2D eigenvalue weighted by atomic mass is 10.0. The number of nitrogens with one attached hydrogen (secondary N) is 2. The highest BCUT2D eigenvalue weighted by molar-refractivity contribution is 5.84. The molecule has 0 aliphatic rings. The first-order valence-corrected chi connectivity index (χ1v) is 9.51. The van der Waals surface area contributed by atoms with Gasteiger partial charge < -0.3 is 15.0 Å². The van der Waals surface area contributed by atoms with Gasteiger partial charge >= 0.3 is 5.97 Å². The Hall–Kier alpha value is -3.08. The van der Waals surface area contributed by atoms with Gasteiger partial charge in [-0.05, 0) is 55.5 Å². The van der Waals surface area contributed by atoms with Crippen LogP contribution in [0.4, 0.5) is 0 Å². The second-order valence-electron chi connectivity index (χ2n) is 7.15. The first kappa shape index (κ1) is 19.7. The van der Waals surface area contributed by atoms with Crippen LogP contribution in [0.5, 0.6) is 0 Å². The molecule has 2 N–H and O–H groups in total. The Morgan fingerprint density at radius 1 is 1.11 bits per heavy atom. The van der Waals surface area contributed by atoms with Crippen LogP contribution in [-0.2, 0) is 20.7 Å². The monoisotopic (exact) mass is 378 g/mol. The maximum atomic E-state index is 12.1. The molecule has 0 unspecified atom stereocenters. The fourth-order valence-corrected chi connectivity index (χ4v) is 3.19. The fourth-order valence-electron chi connectivity index (χ4n) is 3.19. The number of rotatable bonds is 7. The molecule has 0 aliphatic carbocycles. The van der Waals surface area contributed by atoms with E-state index >= 15 is 0 Å². The van der Waals surface area contributed by atoms with Crippen molar-refractivity contribution in [3.8, 4) is 0 Å². The summed E-state index contributed by atoms with van der Waals surface area (Å²) >= 11 is 0. The number of hydrogen-bond acceptors (Lipinski definition) is 3.